The smallest absolute Gasteiger partial charge is 0.191 e. The Kier molecular flexibility index (Phi) is 6.86. The number of aromatic nitrogens is 3. The standard InChI is InChI=1S/C22H24FN3O3S/c1-27-17-10-8-16(9-11-17)21-24-25-22(26(21)15-18-5-4-12-28-18)30-14-13-29-20-7-3-2-6-19(20)23/h2-3,6-11,18H,4-5,12-15H2,1H3. The summed E-state index contributed by atoms with van der Waals surface area (Å²) in [6, 6.07) is 14.2. The van der Waals surface area contributed by atoms with E-state index in [1.807, 2.05) is 24.3 Å². The molecule has 3 aromatic rings. The van der Waals surface area contributed by atoms with Gasteiger partial charge >= 0.3 is 0 Å². The predicted molar refractivity (Wildman–Crippen MR) is 114 cm³/mol. The second-order valence-electron chi connectivity index (χ2n) is 6.91. The van der Waals surface area contributed by atoms with Gasteiger partial charge in [0.2, 0.25) is 0 Å². The summed E-state index contributed by atoms with van der Waals surface area (Å²) < 4.78 is 32.4. The molecule has 2 heterocycles. The summed E-state index contributed by atoms with van der Waals surface area (Å²) in [5.74, 6) is 2.12. The van der Waals surface area contributed by atoms with Crippen molar-refractivity contribution in [1.29, 1.82) is 0 Å². The van der Waals surface area contributed by atoms with E-state index in [-0.39, 0.29) is 17.7 Å². The highest BCUT2D eigenvalue weighted by Gasteiger charge is 2.22. The van der Waals surface area contributed by atoms with Crippen LogP contribution in [0.5, 0.6) is 11.5 Å². The molecule has 1 atom stereocenters. The summed E-state index contributed by atoms with van der Waals surface area (Å²) in [5, 5.41) is 9.63. The third kappa shape index (κ3) is 4.94. The van der Waals surface area contributed by atoms with Crippen LogP contribution in [0.15, 0.2) is 53.7 Å². The Balaban J connectivity index is 1.47. The normalized spacial score (nSPS) is 16.0. The van der Waals surface area contributed by atoms with E-state index in [0.29, 0.717) is 18.9 Å². The molecule has 0 amide bonds. The molecule has 0 saturated carbocycles. The number of nitrogens with zero attached hydrogens (tertiary/aromatic N) is 3. The molecule has 30 heavy (non-hydrogen) atoms. The van der Waals surface area contributed by atoms with Gasteiger partial charge in [-0.05, 0) is 49.2 Å². The van der Waals surface area contributed by atoms with Gasteiger partial charge in [-0.25, -0.2) is 4.39 Å². The number of rotatable bonds is 9. The van der Waals surface area contributed by atoms with Gasteiger partial charge in [0.15, 0.2) is 22.5 Å². The molecule has 6 nitrogen and oxygen atoms in total. The molecule has 1 aliphatic heterocycles. The average molecular weight is 430 g/mol. The molecule has 8 heteroatoms. The van der Waals surface area contributed by atoms with Crippen molar-refractivity contribution in [1.82, 2.24) is 14.8 Å². The molecule has 1 fully saturated rings. The summed E-state index contributed by atoms with van der Waals surface area (Å²) >= 11 is 1.54. The van der Waals surface area contributed by atoms with Crippen LogP contribution in [0.2, 0.25) is 0 Å². The molecular weight excluding hydrogens is 405 g/mol. The van der Waals surface area contributed by atoms with E-state index in [4.69, 9.17) is 14.2 Å². The number of ether oxygens (including phenoxy) is 3. The zero-order valence-electron chi connectivity index (χ0n) is 16.8. The highest BCUT2D eigenvalue weighted by Crippen LogP contribution is 2.28. The molecule has 0 N–H and O–H groups in total. The van der Waals surface area contributed by atoms with Crippen LogP contribution in [0.1, 0.15) is 12.8 Å². The van der Waals surface area contributed by atoms with Crippen molar-refractivity contribution in [3.05, 3.63) is 54.3 Å². The van der Waals surface area contributed by atoms with Crippen LogP contribution >= 0.6 is 11.8 Å². The van der Waals surface area contributed by atoms with Gasteiger partial charge < -0.3 is 14.2 Å². The van der Waals surface area contributed by atoms with Crippen LogP contribution in [0.3, 0.4) is 0 Å². The van der Waals surface area contributed by atoms with E-state index in [1.54, 1.807) is 37.1 Å². The van der Waals surface area contributed by atoms with Crippen molar-refractivity contribution in [3.8, 4) is 22.9 Å². The first-order valence-electron chi connectivity index (χ1n) is 9.94. The Morgan fingerprint density at radius 1 is 1.17 bits per heavy atom. The minimum atomic E-state index is -0.356. The monoisotopic (exact) mass is 429 g/mol. The number of hydrogen-bond acceptors (Lipinski definition) is 6. The zero-order valence-corrected chi connectivity index (χ0v) is 17.6. The molecule has 158 valence electrons. The predicted octanol–water partition coefficient (Wildman–Crippen LogP) is 4.44. The Morgan fingerprint density at radius 3 is 2.73 bits per heavy atom. The fraction of sp³-hybridized carbons (Fsp3) is 0.364. The van der Waals surface area contributed by atoms with E-state index in [2.05, 4.69) is 14.8 Å². The second-order valence-corrected chi connectivity index (χ2v) is 7.97. The highest BCUT2D eigenvalue weighted by atomic mass is 32.2. The summed E-state index contributed by atoms with van der Waals surface area (Å²) in [6.07, 6.45) is 2.26. The molecule has 1 unspecified atom stereocenters. The molecule has 0 bridgehead atoms. The fourth-order valence-electron chi connectivity index (χ4n) is 3.35. The van der Waals surface area contributed by atoms with E-state index < -0.39 is 0 Å². The van der Waals surface area contributed by atoms with E-state index in [9.17, 15) is 4.39 Å². The molecular formula is C22H24FN3O3S. The summed E-state index contributed by atoms with van der Waals surface area (Å²) in [7, 11) is 1.65. The third-order valence-electron chi connectivity index (χ3n) is 4.88. The summed E-state index contributed by atoms with van der Waals surface area (Å²) in [5.41, 5.74) is 0.968. The lowest BCUT2D eigenvalue weighted by Gasteiger charge is -2.15. The summed E-state index contributed by atoms with van der Waals surface area (Å²) in [6.45, 7) is 1.87. The minimum absolute atomic E-state index is 0.159. The van der Waals surface area contributed by atoms with Gasteiger partial charge in [0.1, 0.15) is 5.75 Å². The van der Waals surface area contributed by atoms with Gasteiger partial charge in [0, 0.05) is 17.9 Å². The molecule has 4 rings (SSSR count). The van der Waals surface area contributed by atoms with Crippen molar-refractivity contribution in [2.24, 2.45) is 0 Å². The highest BCUT2D eigenvalue weighted by molar-refractivity contribution is 7.99. The van der Waals surface area contributed by atoms with Crippen LogP contribution in [0, 0.1) is 5.82 Å². The fourth-order valence-corrected chi connectivity index (χ4v) is 4.12. The SMILES string of the molecule is COc1ccc(-c2nnc(SCCOc3ccccc3F)n2CC2CCCO2)cc1. The van der Waals surface area contributed by atoms with Crippen LogP contribution < -0.4 is 9.47 Å². The lowest BCUT2D eigenvalue weighted by molar-refractivity contribution is 0.0953. The number of benzene rings is 2. The van der Waals surface area contributed by atoms with E-state index in [0.717, 1.165) is 41.7 Å². The number of thioether (sulfide) groups is 1. The maximum absolute atomic E-state index is 13.7. The second kappa shape index (κ2) is 9.95. The van der Waals surface area contributed by atoms with E-state index in [1.165, 1.54) is 6.07 Å². The first-order chi connectivity index (χ1) is 14.7. The van der Waals surface area contributed by atoms with Gasteiger partial charge in [0.25, 0.3) is 0 Å². The Labute approximate surface area is 179 Å². The van der Waals surface area contributed by atoms with Crippen molar-refractivity contribution in [3.63, 3.8) is 0 Å². The molecule has 0 spiro atoms. The topological polar surface area (TPSA) is 58.4 Å². The van der Waals surface area contributed by atoms with Crippen molar-refractivity contribution in [2.75, 3.05) is 26.1 Å². The van der Waals surface area contributed by atoms with Gasteiger partial charge in [-0.2, -0.15) is 0 Å². The third-order valence-corrected chi connectivity index (χ3v) is 5.81. The molecule has 1 saturated heterocycles. The van der Waals surface area contributed by atoms with E-state index >= 15 is 0 Å². The molecule has 0 radical (unpaired) electrons. The van der Waals surface area contributed by atoms with Gasteiger partial charge in [-0.3, -0.25) is 4.57 Å². The first kappa shape index (κ1) is 20.7. The van der Waals surface area contributed by atoms with Crippen LogP contribution in [-0.2, 0) is 11.3 Å². The molecule has 0 aliphatic carbocycles. The van der Waals surface area contributed by atoms with Crippen molar-refractivity contribution >= 4 is 11.8 Å². The summed E-state index contributed by atoms with van der Waals surface area (Å²) in [4.78, 5) is 0. The van der Waals surface area contributed by atoms with Crippen LogP contribution in [-0.4, -0.2) is 46.9 Å². The van der Waals surface area contributed by atoms with Gasteiger partial charge in [0.05, 0.1) is 26.4 Å². The van der Waals surface area contributed by atoms with Gasteiger partial charge in [-0.1, -0.05) is 23.9 Å². The molecule has 1 aromatic heterocycles. The maximum atomic E-state index is 13.7. The van der Waals surface area contributed by atoms with Gasteiger partial charge in [-0.15, -0.1) is 10.2 Å². The Bertz CT molecular complexity index is 959. The number of hydrogen-bond donors (Lipinski definition) is 0. The van der Waals surface area contributed by atoms with Crippen molar-refractivity contribution < 1.29 is 18.6 Å². The lowest BCUT2D eigenvalue weighted by atomic mass is 10.2. The maximum Gasteiger partial charge on any atom is 0.191 e. The van der Waals surface area contributed by atoms with Crippen LogP contribution in [0.4, 0.5) is 4.39 Å². The minimum Gasteiger partial charge on any atom is -0.497 e. The number of methoxy groups -OCH3 is 1. The quantitative estimate of drug-likeness (QED) is 0.370. The largest absolute Gasteiger partial charge is 0.497 e. The average Bonchev–Trinajstić information content (AvgIpc) is 3.43. The lowest BCUT2D eigenvalue weighted by Crippen LogP contribution is -2.17. The number of para-hydroxylation sites is 1. The Hall–Kier alpha value is -2.58. The first-order valence-corrected chi connectivity index (χ1v) is 10.9. The zero-order chi connectivity index (χ0) is 20.8. The molecule has 2 aromatic carbocycles. The number of halogens is 1. The Morgan fingerprint density at radius 2 is 2.00 bits per heavy atom. The van der Waals surface area contributed by atoms with Crippen LogP contribution in [0.25, 0.3) is 11.4 Å². The molecule has 1 aliphatic rings. The van der Waals surface area contributed by atoms with Crippen molar-refractivity contribution in [2.45, 2.75) is 30.6 Å².